The Kier molecular flexibility index (Phi) is 7.42. The summed E-state index contributed by atoms with van der Waals surface area (Å²) < 4.78 is 4.88. The molecule has 0 unspecified atom stereocenters. The molecule has 0 spiro atoms. The summed E-state index contributed by atoms with van der Waals surface area (Å²) in [5.41, 5.74) is 1.51. The van der Waals surface area contributed by atoms with E-state index in [4.69, 9.17) is 4.74 Å². The van der Waals surface area contributed by atoms with E-state index in [1.54, 1.807) is 33.3 Å². The third-order valence-electron chi connectivity index (χ3n) is 2.84. The van der Waals surface area contributed by atoms with Crippen molar-refractivity contribution in [3.8, 4) is 0 Å². The molecule has 2 N–H and O–H groups in total. The minimum absolute atomic E-state index is 0.0515. The van der Waals surface area contributed by atoms with E-state index in [9.17, 15) is 9.59 Å². The molecule has 0 bridgehead atoms. The first-order valence-electron chi connectivity index (χ1n) is 6.81. The lowest BCUT2D eigenvalue weighted by Gasteiger charge is -2.11. The average molecular weight is 293 g/mol. The summed E-state index contributed by atoms with van der Waals surface area (Å²) in [6.07, 6.45) is 0. The van der Waals surface area contributed by atoms with Gasteiger partial charge in [0.25, 0.3) is 5.91 Å². The van der Waals surface area contributed by atoms with Gasteiger partial charge in [0.15, 0.2) is 0 Å². The van der Waals surface area contributed by atoms with Gasteiger partial charge in [-0.15, -0.1) is 0 Å². The Morgan fingerprint density at radius 2 is 2.05 bits per heavy atom. The molecule has 21 heavy (non-hydrogen) atoms. The maximum absolute atomic E-state index is 11.9. The maximum atomic E-state index is 11.9. The first-order valence-corrected chi connectivity index (χ1v) is 6.81. The summed E-state index contributed by atoms with van der Waals surface area (Å²) in [6.45, 7) is 1.86. The molecule has 0 radical (unpaired) electrons. The summed E-state index contributed by atoms with van der Waals surface area (Å²) >= 11 is 0. The van der Waals surface area contributed by atoms with Crippen LogP contribution in [-0.2, 0) is 16.1 Å². The number of ether oxygens (including phenoxy) is 1. The second-order valence-corrected chi connectivity index (χ2v) is 4.85. The fourth-order valence-corrected chi connectivity index (χ4v) is 1.71. The molecule has 0 atom stereocenters. The molecule has 116 valence electrons. The van der Waals surface area contributed by atoms with E-state index in [0.29, 0.717) is 25.3 Å². The lowest BCUT2D eigenvalue weighted by Crippen LogP contribution is -2.34. The highest BCUT2D eigenvalue weighted by molar-refractivity contribution is 5.94. The molecule has 0 heterocycles. The number of hydrogen-bond acceptors (Lipinski definition) is 4. The highest BCUT2D eigenvalue weighted by Crippen LogP contribution is 2.07. The van der Waals surface area contributed by atoms with Crippen molar-refractivity contribution in [2.45, 2.75) is 6.54 Å². The quantitative estimate of drug-likeness (QED) is 0.674. The molecule has 0 aliphatic rings. The number of carbonyl (C=O) groups is 2. The van der Waals surface area contributed by atoms with Crippen LogP contribution in [0.2, 0.25) is 0 Å². The van der Waals surface area contributed by atoms with Crippen molar-refractivity contribution in [1.82, 2.24) is 15.5 Å². The summed E-state index contributed by atoms with van der Waals surface area (Å²) in [4.78, 5) is 25.0. The van der Waals surface area contributed by atoms with Crippen molar-refractivity contribution < 1.29 is 14.3 Å². The molecule has 0 aliphatic carbocycles. The molecule has 0 aromatic heterocycles. The van der Waals surface area contributed by atoms with Crippen LogP contribution in [0, 0.1) is 0 Å². The predicted octanol–water partition coefficient (Wildman–Crippen LogP) is 0.241. The van der Waals surface area contributed by atoms with Crippen LogP contribution < -0.4 is 10.6 Å². The van der Waals surface area contributed by atoms with Gasteiger partial charge in [-0.1, -0.05) is 12.1 Å². The predicted molar refractivity (Wildman–Crippen MR) is 81.1 cm³/mol. The minimum Gasteiger partial charge on any atom is -0.383 e. The number of rotatable bonds is 8. The van der Waals surface area contributed by atoms with Crippen molar-refractivity contribution in [2.75, 3.05) is 40.9 Å². The lowest BCUT2D eigenvalue weighted by molar-refractivity contribution is -0.120. The van der Waals surface area contributed by atoms with Crippen LogP contribution >= 0.6 is 0 Å². The summed E-state index contributed by atoms with van der Waals surface area (Å²) in [6, 6.07) is 7.25. The Morgan fingerprint density at radius 1 is 1.29 bits per heavy atom. The van der Waals surface area contributed by atoms with Gasteiger partial charge >= 0.3 is 0 Å². The first kappa shape index (κ1) is 17.1. The molecule has 1 rings (SSSR count). The molecule has 0 fully saturated rings. The molecule has 1 aromatic carbocycles. The Hall–Kier alpha value is -1.92. The monoisotopic (exact) mass is 293 g/mol. The zero-order chi connectivity index (χ0) is 15.7. The van der Waals surface area contributed by atoms with Gasteiger partial charge in [0.2, 0.25) is 5.91 Å². The van der Waals surface area contributed by atoms with Crippen molar-refractivity contribution in [2.24, 2.45) is 0 Å². The van der Waals surface area contributed by atoms with Gasteiger partial charge in [0.05, 0.1) is 13.2 Å². The molecule has 0 saturated heterocycles. The number of carbonyl (C=O) groups excluding carboxylic acids is 2. The normalized spacial score (nSPS) is 10.2. The van der Waals surface area contributed by atoms with Crippen molar-refractivity contribution in [1.29, 1.82) is 0 Å². The zero-order valence-electron chi connectivity index (χ0n) is 12.8. The van der Waals surface area contributed by atoms with E-state index in [0.717, 1.165) is 5.56 Å². The van der Waals surface area contributed by atoms with E-state index in [1.807, 2.05) is 12.1 Å². The fourth-order valence-electron chi connectivity index (χ4n) is 1.71. The Balaban J connectivity index is 2.43. The minimum atomic E-state index is -0.0876. The van der Waals surface area contributed by atoms with Crippen LogP contribution in [0.5, 0.6) is 0 Å². The third-order valence-corrected chi connectivity index (χ3v) is 2.84. The number of methoxy groups -OCH3 is 1. The van der Waals surface area contributed by atoms with Gasteiger partial charge in [0, 0.05) is 39.9 Å². The largest absolute Gasteiger partial charge is 0.383 e. The Bertz CT molecular complexity index is 475. The van der Waals surface area contributed by atoms with Gasteiger partial charge in [-0.25, -0.2) is 0 Å². The molecular formula is C15H23N3O3. The summed E-state index contributed by atoms with van der Waals surface area (Å²) in [5.74, 6) is -0.139. The van der Waals surface area contributed by atoms with E-state index in [-0.39, 0.29) is 18.4 Å². The van der Waals surface area contributed by atoms with Crippen molar-refractivity contribution in [3.63, 3.8) is 0 Å². The fraction of sp³-hybridized carbons (Fsp3) is 0.467. The van der Waals surface area contributed by atoms with Gasteiger partial charge in [-0.2, -0.15) is 0 Å². The van der Waals surface area contributed by atoms with E-state index in [1.165, 1.54) is 4.90 Å². The van der Waals surface area contributed by atoms with Crippen molar-refractivity contribution in [3.05, 3.63) is 35.4 Å². The van der Waals surface area contributed by atoms with Gasteiger partial charge in [-0.05, 0) is 17.7 Å². The van der Waals surface area contributed by atoms with Gasteiger partial charge in [0.1, 0.15) is 0 Å². The number of amides is 2. The standard InChI is InChI=1S/C15H23N3O3/c1-18(2)15(20)13-6-4-5-12(9-13)10-17-14(19)11-16-7-8-21-3/h4-6,9,16H,7-8,10-11H2,1-3H3,(H,17,19). The lowest BCUT2D eigenvalue weighted by atomic mass is 10.1. The number of nitrogens with one attached hydrogen (secondary N) is 2. The molecule has 6 heteroatoms. The molecule has 0 aliphatic heterocycles. The van der Waals surface area contributed by atoms with E-state index < -0.39 is 0 Å². The van der Waals surface area contributed by atoms with Gasteiger partial charge in [-0.3, -0.25) is 9.59 Å². The zero-order valence-corrected chi connectivity index (χ0v) is 12.8. The second kappa shape index (κ2) is 9.10. The van der Waals surface area contributed by atoms with Crippen LogP contribution in [0.25, 0.3) is 0 Å². The summed E-state index contributed by atoms with van der Waals surface area (Å²) in [5, 5.41) is 5.77. The van der Waals surface area contributed by atoms with Crippen LogP contribution in [0.3, 0.4) is 0 Å². The van der Waals surface area contributed by atoms with Crippen LogP contribution in [0.1, 0.15) is 15.9 Å². The molecule has 6 nitrogen and oxygen atoms in total. The van der Waals surface area contributed by atoms with Crippen LogP contribution in [0.4, 0.5) is 0 Å². The topological polar surface area (TPSA) is 70.7 Å². The van der Waals surface area contributed by atoms with Crippen LogP contribution in [0.15, 0.2) is 24.3 Å². The first-order chi connectivity index (χ1) is 10.0. The highest BCUT2D eigenvalue weighted by atomic mass is 16.5. The maximum Gasteiger partial charge on any atom is 0.253 e. The number of hydrogen-bond donors (Lipinski definition) is 2. The van der Waals surface area contributed by atoms with Crippen LogP contribution in [-0.4, -0.2) is 57.6 Å². The Labute approximate surface area is 125 Å². The molecule has 2 amide bonds. The SMILES string of the molecule is COCCNCC(=O)NCc1cccc(C(=O)N(C)C)c1. The van der Waals surface area contributed by atoms with Crippen molar-refractivity contribution >= 4 is 11.8 Å². The highest BCUT2D eigenvalue weighted by Gasteiger charge is 2.08. The van der Waals surface area contributed by atoms with E-state index in [2.05, 4.69) is 10.6 Å². The van der Waals surface area contributed by atoms with E-state index >= 15 is 0 Å². The number of benzene rings is 1. The molecular weight excluding hydrogens is 270 g/mol. The molecule has 1 aromatic rings. The summed E-state index contributed by atoms with van der Waals surface area (Å²) in [7, 11) is 5.04. The van der Waals surface area contributed by atoms with Gasteiger partial charge < -0.3 is 20.3 Å². The second-order valence-electron chi connectivity index (χ2n) is 4.85. The average Bonchev–Trinajstić information content (AvgIpc) is 2.49. The number of nitrogens with zero attached hydrogens (tertiary/aromatic N) is 1. The molecule has 0 saturated carbocycles. The Morgan fingerprint density at radius 3 is 2.71 bits per heavy atom. The third kappa shape index (κ3) is 6.37. The smallest absolute Gasteiger partial charge is 0.253 e.